The zero-order chi connectivity index (χ0) is 21.3. The van der Waals surface area contributed by atoms with Gasteiger partial charge < -0.3 is 9.32 Å². The smallest absolute Gasteiger partial charge is 0.267 e. The van der Waals surface area contributed by atoms with Crippen molar-refractivity contribution in [1.82, 2.24) is 15.1 Å². The SMILES string of the molecule is CCN(c1cccc(C)c1)S(=O)(=O)c1cc(-c2[nH]ncc2C(=O)N(C)C)oc1C. The summed E-state index contributed by atoms with van der Waals surface area (Å²) in [5, 5.41) is 6.65. The summed E-state index contributed by atoms with van der Waals surface area (Å²) in [4.78, 5) is 13.8. The van der Waals surface area contributed by atoms with Gasteiger partial charge in [0.05, 0.1) is 17.4 Å². The van der Waals surface area contributed by atoms with Crippen molar-refractivity contribution < 1.29 is 17.6 Å². The number of amides is 1. The van der Waals surface area contributed by atoms with Crippen LogP contribution in [0, 0.1) is 13.8 Å². The van der Waals surface area contributed by atoms with Crippen LogP contribution >= 0.6 is 0 Å². The van der Waals surface area contributed by atoms with Gasteiger partial charge in [0.15, 0.2) is 5.76 Å². The molecule has 0 saturated carbocycles. The minimum Gasteiger partial charge on any atom is -0.458 e. The van der Waals surface area contributed by atoms with Crippen LogP contribution in [0.1, 0.15) is 28.6 Å². The van der Waals surface area contributed by atoms with Gasteiger partial charge in [0.2, 0.25) is 0 Å². The Bertz CT molecular complexity index is 1140. The highest BCUT2D eigenvalue weighted by atomic mass is 32.2. The number of aryl methyl sites for hydroxylation is 2. The number of aromatic amines is 1. The van der Waals surface area contributed by atoms with Crippen LogP contribution < -0.4 is 4.31 Å². The predicted molar refractivity (Wildman–Crippen MR) is 110 cm³/mol. The molecule has 0 radical (unpaired) electrons. The molecule has 3 aromatic rings. The van der Waals surface area contributed by atoms with E-state index in [4.69, 9.17) is 4.42 Å². The fraction of sp³-hybridized carbons (Fsp3) is 0.300. The van der Waals surface area contributed by atoms with Crippen molar-refractivity contribution in [3.05, 3.63) is 53.4 Å². The Balaban J connectivity index is 2.06. The second kappa shape index (κ2) is 7.75. The number of nitrogens with one attached hydrogen (secondary N) is 1. The molecule has 0 bridgehead atoms. The molecule has 0 aliphatic carbocycles. The van der Waals surface area contributed by atoms with Crippen LogP contribution in [-0.4, -0.2) is 50.1 Å². The number of aromatic nitrogens is 2. The van der Waals surface area contributed by atoms with E-state index in [0.717, 1.165) is 5.56 Å². The molecule has 2 aromatic heterocycles. The van der Waals surface area contributed by atoms with Gasteiger partial charge in [-0.25, -0.2) is 8.42 Å². The summed E-state index contributed by atoms with van der Waals surface area (Å²) >= 11 is 0. The van der Waals surface area contributed by atoms with E-state index in [9.17, 15) is 13.2 Å². The summed E-state index contributed by atoms with van der Waals surface area (Å²) in [6.07, 6.45) is 1.40. The van der Waals surface area contributed by atoms with E-state index >= 15 is 0 Å². The zero-order valence-electron chi connectivity index (χ0n) is 17.1. The van der Waals surface area contributed by atoms with Crippen molar-refractivity contribution in [2.45, 2.75) is 25.7 Å². The lowest BCUT2D eigenvalue weighted by molar-refractivity contribution is 0.0828. The minimum absolute atomic E-state index is 0.0497. The van der Waals surface area contributed by atoms with Crippen LogP contribution in [0.2, 0.25) is 0 Å². The van der Waals surface area contributed by atoms with E-state index in [1.165, 1.54) is 21.5 Å². The van der Waals surface area contributed by atoms with Gasteiger partial charge in [-0.1, -0.05) is 12.1 Å². The second-order valence-electron chi connectivity index (χ2n) is 6.90. The molecular weight excluding hydrogens is 392 g/mol. The van der Waals surface area contributed by atoms with E-state index in [-0.39, 0.29) is 28.9 Å². The average molecular weight is 417 g/mol. The van der Waals surface area contributed by atoms with E-state index in [0.29, 0.717) is 16.9 Å². The average Bonchev–Trinajstić information content (AvgIpc) is 3.28. The van der Waals surface area contributed by atoms with Gasteiger partial charge in [-0.05, 0) is 38.5 Å². The second-order valence-corrected chi connectivity index (χ2v) is 8.73. The molecule has 0 aliphatic rings. The van der Waals surface area contributed by atoms with Crippen molar-refractivity contribution in [2.75, 3.05) is 24.9 Å². The number of furan rings is 1. The van der Waals surface area contributed by atoms with Gasteiger partial charge in [-0.3, -0.25) is 14.2 Å². The number of hydrogen-bond donors (Lipinski definition) is 1. The van der Waals surface area contributed by atoms with E-state index in [1.54, 1.807) is 34.0 Å². The van der Waals surface area contributed by atoms with Gasteiger partial charge in [-0.2, -0.15) is 5.10 Å². The fourth-order valence-electron chi connectivity index (χ4n) is 3.11. The molecular formula is C20H24N4O4S. The summed E-state index contributed by atoms with van der Waals surface area (Å²) in [6.45, 7) is 5.54. The maximum Gasteiger partial charge on any atom is 0.267 e. The third-order valence-electron chi connectivity index (χ3n) is 4.54. The largest absolute Gasteiger partial charge is 0.458 e. The van der Waals surface area contributed by atoms with Gasteiger partial charge >= 0.3 is 0 Å². The maximum atomic E-state index is 13.4. The van der Waals surface area contributed by atoms with Gasteiger partial charge in [0.25, 0.3) is 15.9 Å². The Morgan fingerprint density at radius 2 is 1.93 bits per heavy atom. The molecule has 0 spiro atoms. The number of carbonyl (C=O) groups is 1. The number of nitrogens with zero attached hydrogens (tertiary/aromatic N) is 3. The molecule has 0 saturated heterocycles. The monoisotopic (exact) mass is 416 g/mol. The summed E-state index contributed by atoms with van der Waals surface area (Å²) in [6, 6.07) is 8.74. The summed E-state index contributed by atoms with van der Waals surface area (Å²) in [5.74, 6) is 0.218. The molecule has 0 aliphatic heterocycles. The molecule has 1 aromatic carbocycles. The lowest BCUT2D eigenvalue weighted by Gasteiger charge is -2.22. The Hall–Kier alpha value is -3.07. The van der Waals surface area contributed by atoms with Crippen LogP contribution in [0.15, 0.2) is 45.8 Å². The van der Waals surface area contributed by atoms with Crippen LogP contribution in [0.25, 0.3) is 11.5 Å². The first kappa shape index (κ1) is 20.7. The number of H-pyrrole nitrogens is 1. The fourth-order valence-corrected chi connectivity index (χ4v) is 4.74. The highest BCUT2D eigenvalue weighted by Crippen LogP contribution is 2.33. The third-order valence-corrected chi connectivity index (χ3v) is 6.55. The lowest BCUT2D eigenvalue weighted by atomic mass is 10.2. The summed E-state index contributed by atoms with van der Waals surface area (Å²) < 4.78 is 33.8. The Kier molecular flexibility index (Phi) is 5.52. The van der Waals surface area contributed by atoms with Crippen LogP contribution in [0.4, 0.5) is 5.69 Å². The van der Waals surface area contributed by atoms with Gasteiger partial charge in [0, 0.05) is 26.7 Å². The summed E-state index contributed by atoms with van der Waals surface area (Å²) in [7, 11) is -0.605. The number of hydrogen-bond acceptors (Lipinski definition) is 5. The minimum atomic E-state index is -3.86. The quantitative estimate of drug-likeness (QED) is 0.665. The van der Waals surface area contributed by atoms with Crippen molar-refractivity contribution in [3.63, 3.8) is 0 Å². The third kappa shape index (κ3) is 3.77. The first-order valence-electron chi connectivity index (χ1n) is 9.12. The number of carbonyl (C=O) groups excluding carboxylic acids is 1. The molecule has 0 atom stereocenters. The van der Waals surface area contributed by atoms with E-state index in [1.807, 2.05) is 25.1 Å². The molecule has 0 fully saturated rings. The lowest BCUT2D eigenvalue weighted by Crippen LogP contribution is -2.31. The first-order valence-corrected chi connectivity index (χ1v) is 10.6. The highest BCUT2D eigenvalue weighted by molar-refractivity contribution is 7.92. The normalized spacial score (nSPS) is 11.5. The van der Waals surface area contributed by atoms with Gasteiger partial charge in [-0.15, -0.1) is 0 Å². The van der Waals surface area contributed by atoms with E-state index < -0.39 is 10.0 Å². The maximum absolute atomic E-state index is 13.4. The zero-order valence-corrected chi connectivity index (χ0v) is 17.9. The number of anilines is 1. The highest BCUT2D eigenvalue weighted by Gasteiger charge is 2.30. The Morgan fingerprint density at radius 3 is 2.55 bits per heavy atom. The molecule has 9 heteroatoms. The summed E-state index contributed by atoms with van der Waals surface area (Å²) in [5.41, 5.74) is 2.19. The first-order chi connectivity index (χ1) is 13.7. The molecule has 8 nitrogen and oxygen atoms in total. The predicted octanol–water partition coefficient (Wildman–Crippen LogP) is 3.20. The van der Waals surface area contributed by atoms with Crippen molar-refractivity contribution in [1.29, 1.82) is 0 Å². The van der Waals surface area contributed by atoms with Crippen LogP contribution in [-0.2, 0) is 10.0 Å². The Morgan fingerprint density at radius 1 is 1.21 bits per heavy atom. The van der Waals surface area contributed by atoms with Crippen LogP contribution in [0.5, 0.6) is 0 Å². The van der Waals surface area contributed by atoms with Crippen molar-refractivity contribution in [2.24, 2.45) is 0 Å². The van der Waals surface area contributed by atoms with Crippen molar-refractivity contribution in [3.8, 4) is 11.5 Å². The molecule has 29 heavy (non-hydrogen) atoms. The van der Waals surface area contributed by atoms with Crippen molar-refractivity contribution >= 4 is 21.6 Å². The molecule has 3 rings (SSSR count). The Labute approximate surface area is 170 Å². The van der Waals surface area contributed by atoms with Crippen LogP contribution in [0.3, 0.4) is 0 Å². The molecule has 1 amide bonds. The molecule has 2 heterocycles. The standard InChI is InChI=1S/C20H24N4O4S/c1-6-24(15-9-7-8-13(2)10-15)29(26,27)18-11-17(28-14(18)3)19-16(12-21-22-19)20(25)23(4)5/h7-12H,6H2,1-5H3,(H,21,22). The molecule has 154 valence electrons. The topological polar surface area (TPSA) is 99.5 Å². The number of sulfonamides is 1. The number of rotatable bonds is 6. The molecule has 0 unspecified atom stereocenters. The van der Waals surface area contributed by atoms with E-state index in [2.05, 4.69) is 10.2 Å². The van der Waals surface area contributed by atoms with Gasteiger partial charge in [0.1, 0.15) is 16.3 Å². The number of benzene rings is 1. The molecule has 1 N–H and O–H groups in total.